The third-order valence-corrected chi connectivity index (χ3v) is 12.5. The van der Waals surface area contributed by atoms with Crippen LogP contribution in [0, 0.1) is 0 Å². The van der Waals surface area contributed by atoms with Crippen LogP contribution >= 0.6 is 0 Å². The molecule has 0 unspecified atom stereocenters. The van der Waals surface area contributed by atoms with Crippen molar-refractivity contribution in [1.82, 2.24) is 4.57 Å². The number of anilines is 3. The lowest BCUT2D eigenvalue weighted by Crippen LogP contribution is -2.10. The first-order chi connectivity index (χ1) is 30.8. The molecule has 290 valence electrons. The van der Waals surface area contributed by atoms with Gasteiger partial charge in [-0.1, -0.05) is 182 Å². The van der Waals surface area contributed by atoms with E-state index in [0.29, 0.717) is 0 Å². The monoisotopic (exact) mass is 788 g/mol. The van der Waals surface area contributed by atoms with Crippen LogP contribution in [-0.4, -0.2) is 4.57 Å². The first-order valence-corrected chi connectivity index (χ1v) is 21.3. The number of hydrogen-bond acceptors (Lipinski definition) is 1. The van der Waals surface area contributed by atoms with Crippen molar-refractivity contribution >= 4 is 71.2 Å². The maximum atomic E-state index is 2.45. The molecule has 0 aliphatic carbocycles. The molecule has 0 spiro atoms. The third kappa shape index (κ3) is 5.96. The van der Waals surface area contributed by atoms with Crippen molar-refractivity contribution < 1.29 is 0 Å². The Morgan fingerprint density at radius 1 is 0.290 bits per heavy atom. The summed E-state index contributed by atoms with van der Waals surface area (Å²) in [5, 5.41) is 10.0. The Labute approximate surface area is 360 Å². The second kappa shape index (κ2) is 14.8. The molecule has 0 atom stereocenters. The van der Waals surface area contributed by atoms with Crippen LogP contribution < -0.4 is 4.90 Å². The van der Waals surface area contributed by atoms with Crippen LogP contribution in [0.4, 0.5) is 17.1 Å². The van der Waals surface area contributed by atoms with Crippen LogP contribution in [0.1, 0.15) is 0 Å². The Morgan fingerprint density at radius 2 is 0.887 bits per heavy atom. The molecule has 12 aromatic rings. The molecule has 0 aliphatic rings. The molecule has 2 heteroatoms. The van der Waals surface area contributed by atoms with E-state index in [1.54, 1.807) is 0 Å². The van der Waals surface area contributed by atoms with Gasteiger partial charge in [0, 0.05) is 38.9 Å². The highest BCUT2D eigenvalue weighted by Gasteiger charge is 2.20. The summed E-state index contributed by atoms with van der Waals surface area (Å²) in [6.45, 7) is 0. The summed E-state index contributed by atoms with van der Waals surface area (Å²) in [6, 6.07) is 88.5. The molecule has 0 amide bonds. The van der Waals surface area contributed by atoms with E-state index in [-0.39, 0.29) is 0 Å². The van der Waals surface area contributed by atoms with Gasteiger partial charge in [0.05, 0.1) is 11.0 Å². The molecule has 1 heterocycles. The zero-order chi connectivity index (χ0) is 41.0. The van der Waals surface area contributed by atoms with Gasteiger partial charge in [0.2, 0.25) is 0 Å². The van der Waals surface area contributed by atoms with Gasteiger partial charge in [-0.15, -0.1) is 0 Å². The van der Waals surface area contributed by atoms with Crippen LogP contribution in [0.3, 0.4) is 0 Å². The van der Waals surface area contributed by atoms with Crippen LogP contribution in [0.15, 0.2) is 243 Å². The minimum atomic E-state index is 1.09. The minimum Gasteiger partial charge on any atom is -0.310 e. The molecule has 0 N–H and O–H groups in total. The van der Waals surface area contributed by atoms with Gasteiger partial charge in [0.15, 0.2) is 0 Å². The molecular weight excluding hydrogens is 749 g/mol. The van der Waals surface area contributed by atoms with Gasteiger partial charge >= 0.3 is 0 Å². The molecular formula is C60H40N2. The Kier molecular flexibility index (Phi) is 8.53. The highest BCUT2D eigenvalue weighted by molar-refractivity contribution is 6.22. The Balaban J connectivity index is 1.04. The van der Waals surface area contributed by atoms with E-state index < -0.39 is 0 Å². The molecule has 11 aromatic carbocycles. The highest BCUT2D eigenvalue weighted by Crippen LogP contribution is 2.44. The van der Waals surface area contributed by atoms with Gasteiger partial charge in [0.1, 0.15) is 0 Å². The van der Waals surface area contributed by atoms with E-state index >= 15 is 0 Å². The van der Waals surface area contributed by atoms with Crippen LogP contribution in [0.25, 0.3) is 93.2 Å². The van der Waals surface area contributed by atoms with Crippen LogP contribution in [0.5, 0.6) is 0 Å². The molecule has 0 bridgehead atoms. The molecule has 1 aromatic heterocycles. The van der Waals surface area contributed by atoms with Gasteiger partial charge in [-0.3, -0.25) is 0 Å². The zero-order valence-electron chi connectivity index (χ0n) is 34.0. The predicted octanol–water partition coefficient (Wildman–Crippen LogP) is 16.7. The van der Waals surface area contributed by atoms with Gasteiger partial charge in [-0.2, -0.15) is 0 Å². The van der Waals surface area contributed by atoms with E-state index in [1.807, 2.05) is 0 Å². The quantitative estimate of drug-likeness (QED) is 0.146. The second-order valence-electron chi connectivity index (χ2n) is 16.1. The van der Waals surface area contributed by atoms with Crippen molar-refractivity contribution in [3.63, 3.8) is 0 Å². The second-order valence-corrected chi connectivity index (χ2v) is 16.1. The minimum absolute atomic E-state index is 1.09. The van der Waals surface area contributed by atoms with Gasteiger partial charge in [-0.05, 0) is 121 Å². The normalized spacial score (nSPS) is 11.5. The summed E-state index contributed by atoms with van der Waals surface area (Å²) in [7, 11) is 0. The van der Waals surface area contributed by atoms with Gasteiger partial charge < -0.3 is 9.47 Å². The summed E-state index contributed by atoms with van der Waals surface area (Å²) in [6.07, 6.45) is 0. The molecule has 2 nitrogen and oxygen atoms in total. The smallest absolute Gasteiger partial charge is 0.0619 e. The maximum Gasteiger partial charge on any atom is 0.0619 e. The van der Waals surface area contributed by atoms with Crippen molar-refractivity contribution in [2.75, 3.05) is 4.90 Å². The fraction of sp³-hybridized carbons (Fsp3) is 0. The largest absolute Gasteiger partial charge is 0.310 e. The summed E-state index contributed by atoms with van der Waals surface area (Å²) in [5.41, 5.74) is 14.0. The average molecular weight is 789 g/mol. The number of rotatable bonds is 7. The van der Waals surface area contributed by atoms with Crippen molar-refractivity contribution in [2.45, 2.75) is 0 Å². The van der Waals surface area contributed by atoms with Crippen molar-refractivity contribution in [1.29, 1.82) is 0 Å². The summed E-state index contributed by atoms with van der Waals surface area (Å²) in [4.78, 5) is 2.40. The summed E-state index contributed by atoms with van der Waals surface area (Å²) in [5.74, 6) is 0. The first-order valence-electron chi connectivity index (χ1n) is 21.3. The van der Waals surface area contributed by atoms with Crippen molar-refractivity contribution in [3.8, 4) is 39.1 Å². The number of benzene rings is 11. The summed E-state index contributed by atoms with van der Waals surface area (Å²) < 4.78 is 2.45. The fourth-order valence-electron chi connectivity index (χ4n) is 9.71. The fourth-order valence-corrected chi connectivity index (χ4v) is 9.71. The molecule has 0 aliphatic heterocycles. The lowest BCUT2D eigenvalue weighted by molar-refractivity contribution is 1.19. The number of para-hydroxylation sites is 1. The van der Waals surface area contributed by atoms with Crippen LogP contribution in [0.2, 0.25) is 0 Å². The number of aromatic nitrogens is 1. The SMILES string of the molecule is c1ccc(-c2cccc(N(c3ccc(-c4cc5ccccc5c5ccccc45)cc3)c3cccc(-c4cccc5c4c4ccc6ccccc6c4n5-c4ccccc4)c3)c2)cc1. The van der Waals surface area contributed by atoms with Crippen molar-refractivity contribution in [3.05, 3.63) is 243 Å². The standard InChI is InChI=1S/C60H40N2/c1-3-16-41(17-4-1)44-20-13-24-49(38-44)61(48-35-32-43(33-36-48)57-40-46-19-8-9-26-51(46)54-28-11-12-29-55(54)57)50-25-14-21-45(39-50)52-30-15-31-58-59(52)56-37-34-42-18-7-10-27-53(42)60(56)62(58)47-22-5-2-6-23-47/h1-40H. The van der Waals surface area contributed by atoms with E-state index in [2.05, 4.69) is 252 Å². The lowest BCUT2D eigenvalue weighted by Gasteiger charge is -2.27. The first kappa shape index (κ1) is 35.7. The highest BCUT2D eigenvalue weighted by atomic mass is 15.1. The average Bonchev–Trinajstić information content (AvgIpc) is 3.70. The van der Waals surface area contributed by atoms with Crippen LogP contribution in [-0.2, 0) is 0 Å². The number of fused-ring (bicyclic) bond motifs is 8. The Morgan fingerprint density at radius 3 is 1.66 bits per heavy atom. The Bertz CT molecular complexity index is 3620. The van der Waals surface area contributed by atoms with Gasteiger partial charge in [-0.25, -0.2) is 0 Å². The molecule has 0 saturated heterocycles. The van der Waals surface area contributed by atoms with E-state index in [4.69, 9.17) is 0 Å². The lowest BCUT2D eigenvalue weighted by atomic mass is 9.93. The molecule has 12 rings (SSSR count). The Hall–Kier alpha value is -8.20. The van der Waals surface area contributed by atoms with E-state index in [9.17, 15) is 0 Å². The maximum absolute atomic E-state index is 2.45. The van der Waals surface area contributed by atoms with Gasteiger partial charge in [0.25, 0.3) is 0 Å². The molecule has 0 saturated carbocycles. The number of hydrogen-bond donors (Lipinski definition) is 0. The zero-order valence-corrected chi connectivity index (χ0v) is 34.0. The van der Waals surface area contributed by atoms with E-state index in [0.717, 1.165) is 28.3 Å². The number of nitrogens with zero attached hydrogens (tertiary/aromatic N) is 2. The predicted molar refractivity (Wildman–Crippen MR) is 264 cm³/mol. The van der Waals surface area contributed by atoms with Crippen molar-refractivity contribution in [2.24, 2.45) is 0 Å². The topological polar surface area (TPSA) is 8.17 Å². The molecule has 0 fully saturated rings. The van der Waals surface area contributed by atoms with E-state index in [1.165, 1.54) is 81.9 Å². The third-order valence-electron chi connectivity index (χ3n) is 12.5. The summed E-state index contributed by atoms with van der Waals surface area (Å²) >= 11 is 0. The molecule has 62 heavy (non-hydrogen) atoms. The molecule has 0 radical (unpaired) electrons.